The number of rotatable bonds is 5. The van der Waals surface area contributed by atoms with Crippen LogP contribution < -0.4 is 0 Å². The molecular weight excluding hydrogens is 354 g/mol. The SMILES string of the molecule is CCOC(=O)C(C(=O)OCC)c1c2ccccc2n2c1ccc1ccccc12. The Morgan fingerprint density at radius 1 is 0.786 bits per heavy atom. The van der Waals surface area contributed by atoms with E-state index in [1.807, 2.05) is 60.7 Å². The summed E-state index contributed by atoms with van der Waals surface area (Å²) in [6.45, 7) is 3.84. The van der Waals surface area contributed by atoms with Crippen LogP contribution >= 0.6 is 0 Å². The van der Waals surface area contributed by atoms with Crippen LogP contribution in [0, 0.1) is 0 Å². The number of aromatic nitrogens is 1. The normalized spacial score (nSPS) is 11.4. The van der Waals surface area contributed by atoms with Crippen molar-refractivity contribution in [1.29, 1.82) is 0 Å². The van der Waals surface area contributed by atoms with Gasteiger partial charge in [0, 0.05) is 10.9 Å². The largest absolute Gasteiger partial charge is 0.465 e. The number of fused-ring (bicyclic) bond motifs is 5. The Labute approximate surface area is 162 Å². The Kier molecular flexibility index (Phi) is 4.74. The fourth-order valence-electron chi connectivity index (χ4n) is 3.80. The lowest BCUT2D eigenvalue weighted by Crippen LogP contribution is -2.26. The van der Waals surface area contributed by atoms with Crippen molar-refractivity contribution in [3.05, 3.63) is 66.2 Å². The zero-order chi connectivity index (χ0) is 19.7. The van der Waals surface area contributed by atoms with E-state index in [1.54, 1.807) is 13.8 Å². The first kappa shape index (κ1) is 18.0. The van der Waals surface area contributed by atoms with Gasteiger partial charge in [-0.25, -0.2) is 0 Å². The van der Waals surface area contributed by atoms with Crippen molar-refractivity contribution in [3.63, 3.8) is 0 Å². The maximum atomic E-state index is 12.8. The van der Waals surface area contributed by atoms with Crippen LogP contribution in [0.15, 0.2) is 60.7 Å². The molecule has 5 nitrogen and oxygen atoms in total. The summed E-state index contributed by atoms with van der Waals surface area (Å²) in [5.41, 5.74) is 3.36. The highest BCUT2D eigenvalue weighted by Gasteiger charge is 2.35. The Morgan fingerprint density at radius 3 is 2.07 bits per heavy atom. The third kappa shape index (κ3) is 2.80. The Morgan fingerprint density at radius 2 is 1.39 bits per heavy atom. The second-order valence-corrected chi connectivity index (χ2v) is 6.48. The zero-order valence-corrected chi connectivity index (χ0v) is 15.8. The van der Waals surface area contributed by atoms with Crippen LogP contribution in [-0.4, -0.2) is 29.6 Å². The number of carbonyl (C=O) groups is 2. The smallest absolute Gasteiger partial charge is 0.324 e. The third-order valence-electron chi connectivity index (χ3n) is 4.88. The lowest BCUT2D eigenvalue weighted by atomic mass is 9.96. The fourth-order valence-corrected chi connectivity index (χ4v) is 3.80. The average molecular weight is 375 g/mol. The van der Waals surface area contributed by atoms with Crippen molar-refractivity contribution >= 4 is 39.3 Å². The Balaban J connectivity index is 2.10. The van der Waals surface area contributed by atoms with Gasteiger partial charge in [-0.1, -0.05) is 42.5 Å². The van der Waals surface area contributed by atoms with Crippen molar-refractivity contribution in [1.82, 2.24) is 4.40 Å². The van der Waals surface area contributed by atoms with E-state index in [9.17, 15) is 9.59 Å². The molecule has 0 N–H and O–H groups in total. The van der Waals surface area contributed by atoms with Gasteiger partial charge in [-0.15, -0.1) is 0 Å². The lowest BCUT2D eigenvalue weighted by molar-refractivity contribution is -0.156. The average Bonchev–Trinajstić information content (AvgIpc) is 3.04. The lowest BCUT2D eigenvalue weighted by Gasteiger charge is -2.15. The summed E-state index contributed by atoms with van der Waals surface area (Å²) >= 11 is 0. The molecule has 142 valence electrons. The number of pyridine rings is 1. The fraction of sp³-hybridized carbons (Fsp3) is 0.217. The molecule has 0 radical (unpaired) electrons. The summed E-state index contributed by atoms with van der Waals surface area (Å²) in [6.07, 6.45) is 0. The Bertz CT molecular complexity index is 1170. The number of para-hydroxylation sites is 2. The minimum atomic E-state index is -1.13. The number of hydrogen-bond acceptors (Lipinski definition) is 4. The molecule has 2 aromatic carbocycles. The molecule has 0 spiro atoms. The highest BCUT2D eigenvalue weighted by Crippen LogP contribution is 2.36. The second kappa shape index (κ2) is 7.35. The molecule has 0 atom stereocenters. The molecule has 2 aromatic heterocycles. The van der Waals surface area contributed by atoms with Gasteiger partial charge in [0.05, 0.1) is 29.8 Å². The molecular formula is C23H21NO4. The summed E-state index contributed by atoms with van der Waals surface area (Å²) in [4.78, 5) is 25.6. The van der Waals surface area contributed by atoms with E-state index in [-0.39, 0.29) is 13.2 Å². The minimum absolute atomic E-state index is 0.196. The number of benzene rings is 2. The van der Waals surface area contributed by atoms with Crippen molar-refractivity contribution in [2.45, 2.75) is 19.8 Å². The van der Waals surface area contributed by atoms with Crippen LogP contribution in [0.4, 0.5) is 0 Å². The van der Waals surface area contributed by atoms with Crippen molar-refractivity contribution < 1.29 is 19.1 Å². The summed E-state index contributed by atoms with van der Waals surface area (Å²) in [6, 6.07) is 19.8. The molecule has 0 amide bonds. The molecule has 0 saturated carbocycles. The first-order valence-electron chi connectivity index (χ1n) is 9.41. The number of nitrogens with zero attached hydrogens (tertiary/aromatic N) is 1. The van der Waals surface area contributed by atoms with Crippen LogP contribution in [0.1, 0.15) is 25.3 Å². The van der Waals surface area contributed by atoms with Crippen LogP contribution in [0.2, 0.25) is 0 Å². The standard InChI is InChI=1S/C23H21NO4/c1-3-27-22(25)21(23(26)28-4-2)20-16-10-6-8-12-18(16)24-17-11-7-5-9-15(17)13-14-19(20)24/h5-14,21H,3-4H2,1-2H3. The molecule has 4 aromatic rings. The molecule has 0 unspecified atom stereocenters. The maximum Gasteiger partial charge on any atom is 0.324 e. The van der Waals surface area contributed by atoms with Gasteiger partial charge in [-0.3, -0.25) is 9.59 Å². The number of ether oxygens (including phenoxy) is 2. The topological polar surface area (TPSA) is 57.0 Å². The van der Waals surface area contributed by atoms with E-state index in [0.717, 1.165) is 27.3 Å². The van der Waals surface area contributed by atoms with Crippen molar-refractivity contribution in [2.24, 2.45) is 0 Å². The molecule has 2 heterocycles. The molecule has 28 heavy (non-hydrogen) atoms. The summed E-state index contributed by atoms with van der Waals surface area (Å²) in [5, 5.41) is 1.91. The zero-order valence-electron chi connectivity index (χ0n) is 15.8. The number of hydrogen-bond donors (Lipinski definition) is 0. The van der Waals surface area contributed by atoms with Crippen LogP contribution in [-0.2, 0) is 19.1 Å². The van der Waals surface area contributed by atoms with Crippen molar-refractivity contribution in [3.8, 4) is 0 Å². The van der Waals surface area contributed by atoms with Gasteiger partial charge in [0.15, 0.2) is 5.92 Å². The maximum absolute atomic E-state index is 12.8. The van der Waals surface area contributed by atoms with Gasteiger partial charge >= 0.3 is 11.9 Å². The predicted octanol–water partition coefficient (Wildman–Crippen LogP) is 4.46. The van der Waals surface area contributed by atoms with Gasteiger partial charge < -0.3 is 13.9 Å². The molecule has 0 bridgehead atoms. The van der Waals surface area contributed by atoms with Crippen LogP contribution in [0.25, 0.3) is 27.3 Å². The summed E-state index contributed by atoms with van der Waals surface area (Å²) in [5.74, 6) is -2.31. The predicted molar refractivity (Wildman–Crippen MR) is 108 cm³/mol. The summed E-state index contributed by atoms with van der Waals surface area (Å²) in [7, 11) is 0. The molecule has 4 rings (SSSR count). The van der Waals surface area contributed by atoms with E-state index in [2.05, 4.69) is 4.40 Å². The first-order valence-corrected chi connectivity index (χ1v) is 9.41. The molecule has 0 aliphatic carbocycles. The van der Waals surface area contributed by atoms with Crippen LogP contribution in [0.5, 0.6) is 0 Å². The van der Waals surface area contributed by atoms with E-state index in [0.29, 0.717) is 5.56 Å². The van der Waals surface area contributed by atoms with Gasteiger partial charge in [0.25, 0.3) is 0 Å². The van der Waals surface area contributed by atoms with Crippen LogP contribution in [0.3, 0.4) is 0 Å². The van der Waals surface area contributed by atoms with Gasteiger partial charge in [-0.2, -0.15) is 0 Å². The number of esters is 2. The minimum Gasteiger partial charge on any atom is -0.465 e. The molecule has 0 aliphatic heterocycles. The highest BCUT2D eigenvalue weighted by molar-refractivity contribution is 6.09. The van der Waals surface area contributed by atoms with E-state index in [1.165, 1.54) is 0 Å². The molecule has 5 heteroatoms. The molecule has 0 fully saturated rings. The highest BCUT2D eigenvalue weighted by atomic mass is 16.6. The first-order chi connectivity index (χ1) is 13.7. The quantitative estimate of drug-likeness (QED) is 0.382. The Hall–Kier alpha value is -3.34. The van der Waals surface area contributed by atoms with Gasteiger partial charge in [-0.05, 0) is 37.4 Å². The van der Waals surface area contributed by atoms with Gasteiger partial charge in [0.2, 0.25) is 0 Å². The van der Waals surface area contributed by atoms with Crippen molar-refractivity contribution in [2.75, 3.05) is 13.2 Å². The monoisotopic (exact) mass is 375 g/mol. The molecule has 0 saturated heterocycles. The molecule has 0 aliphatic rings. The number of carbonyl (C=O) groups excluding carboxylic acids is 2. The van der Waals surface area contributed by atoms with E-state index in [4.69, 9.17) is 9.47 Å². The second-order valence-electron chi connectivity index (χ2n) is 6.48. The third-order valence-corrected chi connectivity index (χ3v) is 4.88. The summed E-state index contributed by atoms with van der Waals surface area (Å²) < 4.78 is 12.6. The van der Waals surface area contributed by atoms with Gasteiger partial charge in [0.1, 0.15) is 0 Å². The van der Waals surface area contributed by atoms with E-state index < -0.39 is 17.9 Å². The van der Waals surface area contributed by atoms with E-state index >= 15 is 0 Å².